The molecule has 0 aliphatic carbocycles. The van der Waals surface area contributed by atoms with Crippen LogP contribution >= 0.6 is 15.9 Å². The molecule has 6 heteroatoms. The first-order chi connectivity index (χ1) is 9.93. The van der Waals surface area contributed by atoms with E-state index in [0.29, 0.717) is 22.6 Å². The van der Waals surface area contributed by atoms with Gasteiger partial charge in [-0.2, -0.15) is 0 Å². The van der Waals surface area contributed by atoms with E-state index in [1.807, 2.05) is 0 Å². The molecule has 0 spiro atoms. The predicted molar refractivity (Wildman–Crippen MR) is 75.9 cm³/mol. The molecule has 0 aliphatic rings. The first-order valence-electron chi connectivity index (χ1n) is 6.26. The Morgan fingerprint density at radius 2 is 1.62 bits per heavy atom. The third kappa shape index (κ3) is 3.44. The zero-order chi connectivity index (χ0) is 15.6. The SMILES string of the molecule is CCNC(c1cc(F)c(F)cc1F)c1ccc(F)cc1Br. The molecule has 0 aliphatic heterocycles. The summed E-state index contributed by atoms with van der Waals surface area (Å²) in [5.41, 5.74) is 0.492. The van der Waals surface area contributed by atoms with Crippen LogP contribution in [0.25, 0.3) is 0 Å². The molecule has 0 radical (unpaired) electrons. The van der Waals surface area contributed by atoms with Crippen molar-refractivity contribution in [1.29, 1.82) is 0 Å². The number of hydrogen-bond donors (Lipinski definition) is 1. The summed E-state index contributed by atoms with van der Waals surface area (Å²) in [6.07, 6.45) is 0. The van der Waals surface area contributed by atoms with Crippen LogP contribution in [0.3, 0.4) is 0 Å². The van der Waals surface area contributed by atoms with Crippen LogP contribution in [0.1, 0.15) is 24.1 Å². The van der Waals surface area contributed by atoms with Gasteiger partial charge in [-0.3, -0.25) is 0 Å². The van der Waals surface area contributed by atoms with Gasteiger partial charge in [0.15, 0.2) is 11.6 Å². The highest BCUT2D eigenvalue weighted by molar-refractivity contribution is 9.10. The van der Waals surface area contributed by atoms with E-state index in [4.69, 9.17) is 0 Å². The molecule has 0 fully saturated rings. The minimum Gasteiger partial charge on any atom is -0.306 e. The highest BCUT2D eigenvalue weighted by Gasteiger charge is 2.22. The molecule has 21 heavy (non-hydrogen) atoms. The van der Waals surface area contributed by atoms with E-state index >= 15 is 0 Å². The minimum absolute atomic E-state index is 0.0388. The smallest absolute Gasteiger partial charge is 0.161 e. The number of benzene rings is 2. The fourth-order valence-corrected chi connectivity index (χ4v) is 2.67. The summed E-state index contributed by atoms with van der Waals surface area (Å²) in [5, 5.41) is 2.98. The second kappa shape index (κ2) is 6.58. The van der Waals surface area contributed by atoms with Crippen LogP contribution < -0.4 is 5.32 Å². The summed E-state index contributed by atoms with van der Waals surface area (Å²) in [6.45, 7) is 2.26. The van der Waals surface area contributed by atoms with Crippen LogP contribution in [0.2, 0.25) is 0 Å². The standard InChI is InChI=1S/C15H12BrF4N/c1-2-21-15(9-4-3-8(17)5-11(9)16)10-6-13(19)14(20)7-12(10)18/h3-7,15,21H,2H2,1H3. The van der Waals surface area contributed by atoms with Crippen LogP contribution in [0.5, 0.6) is 0 Å². The van der Waals surface area contributed by atoms with E-state index < -0.39 is 29.3 Å². The van der Waals surface area contributed by atoms with Gasteiger partial charge in [-0.05, 0) is 30.3 Å². The van der Waals surface area contributed by atoms with Crippen LogP contribution in [-0.4, -0.2) is 6.54 Å². The topological polar surface area (TPSA) is 12.0 Å². The van der Waals surface area contributed by atoms with E-state index in [1.165, 1.54) is 18.2 Å². The number of halogens is 5. The van der Waals surface area contributed by atoms with E-state index in [-0.39, 0.29) is 5.56 Å². The maximum atomic E-state index is 14.0. The number of nitrogens with one attached hydrogen (secondary N) is 1. The van der Waals surface area contributed by atoms with Crippen molar-refractivity contribution < 1.29 is 17.6 Å². The van der Waals surface area contributed by atoms with Gasteiger partial charge in [0.1, 0.15) is 11.6 Å². The average molecular weight is 362 g/mol. The zero-order valence-corrected chi connectivity index (χ0v) is 12.6. The van der Waals surface area contributed by atoms with Crippen molar-refractivity contribution >= 4 is 15.9 Å². The van der Waals surface area contributed by atoms with Crippen molar-refractivity contribution in [1.82, 2.24) is 5.32 Å². The maximum Gasteiger partial charge on any atom is 0.161 e. The van der Waals surface area contributed by atoms with Gasteiger partial charge < -0.3 is 5.32 Å². The summed E-state index contributed by atoms with van der Waals surface area (Å²) >= 11 is 3.20. The lowest BCUT2D eigenvalue weighted by Gasteiger charge is -2.21. The van der Waals surface area contributed by atoms with Gasteiger partial charge in [-0.15, -0.1) is 0 Å². The van der Waals surface area contributed by atoms with Crippen molar-refractivity contribution in [3.8, 4) is 0 Å². The predicted octanol–water partition coefficient (Wildman–Crippen LogP) is 4.70. The van der Waals surface area contributed by atoms with Crippen LogP contribution in [0.15, 0.2) is 34.8 Å². The largest absolute Gasteiger partial charge is 0.306 e. The van der Waals surface area contributed by atoms with Gasteiger partial charge in [0.05, 0.1) is 6.04 Å². The van der Waals surface area contributed by atoms with Crippen LogP contribution in [-0.2, 0) is 0 Å². The molecule has 1 N–H and O–H groups in total. The van der Waals surface area contributed by atoms with Gasteiger partial charge in [-0.1, -0.05) is 28.9 Å². The molecule has 0 amide bonds. The highest BCUT2D eigenvalue weighted by atomic mass is 79.9. The summed E-state index contributed by atoms with van der Waals surface area (Å²) in [4.78, 5) is 0. The Morgan fingerprint density at radius 3 is 2.24 bits per heavy atom. The summed E-state index contributed by atoms with van der Waals surface area (Å²) in [6, 6.07) is 4.52. The first-order valence-corrected chi connectivity index (χ1v) is 7.06. The molecule has 0 saturated heterocycles. The fourth-order valence-electron chi connectivity index (χ4n) is 2.09. The molecule has 2 aromatic carbocycles. The Kier molecular flexibility index (Phi) is 5.00. The molecule has 0 bridgehead atoms. The van der Waals surface area contributed by atoms with E-state index in [0.717, 1.165) is 6.07 Å². The number of rotatable bonds is 4. The lowest BCUT2D eigenvalue weighted by molar-refractivity contribution is 0.481. The molecular weight excluding hydrogens is 350 g/mol. The molecule has 112 valence electrons. The Bertz CT molecular complexity index is 660. The first kappa shape index (κ1) is 16.0. The van der Waals surface area contributed by atoms with Crippen molar-refractivity contribution in [2.24, 2.45) is 0 Å². The maximum absolute atomic E-state index is 14.0. The van der Waals surface area contributed by atoms with Gasteiger partial charge in [0.25, 0.3) is 0 Å². The molecule has 2 aromatic rings. The molecule has 0 saturated carbocycles. The normalized spacial score (nSPS) is 12.5. The van der Waals surface area contributed by atoms with Gasteiger partial charge in [0.2, 0.25) is 0 Å². The van der Waals surface area contributed by atoms with Crippen molar-refractivity contribution in [2.45, 2.75) is 13.0 Å². The zero-order valence-electron chi connectivity index (χ0n) is 11.1. The van der Waals surface area contributed by atoms with Crippen LogP contribution in [0, 0.1) is 23.3 Å². The van der Waals surface area contributed by atoms with Gasteiger partial charge in [-0.25, -0.2) is 17.6 Å². The monoisotopic (exact) mass is 361 g/mol. The van der Waals surface area contributed by atoms with Crippen LogP contribution in [0.4, 0.5) is 17.6 Å². The third-order valence-electron chi connectivity index (χ3n) is 3.03. The Hall–Kier alpha value is -1.40. The summed E-state index contributed by atoms with van der Waals surface area (Å²) in [5.74, 6) is -3.69. The molecule has 1 atom stereocenters. The molecular formula is C15H12BrF4N. The average Bonchev–Trinajstić information content (AvgIpc) is 2.41. The van der Waals surface area contributed by atoms with Gasteiger partial charge >= 0.3 is 0 Å². The highest BCUT2D eigenvalue weighted by Crippen LogP contribution is 2.31. The second-order valence-electron chi connectivity index (χ2n) is 4.44. The molecule has 2 rings (SSSR count). The molecule has 1 unspecified atom stereocenters. The summed E-state index contributed by atoms with van der Waals surface area (Å²) in [7, 11) is 0. The van der Waals surface area contributed by atoms with E-state index in [1.54, 1.807) is 6.92 Å². The van der Waals surface area contributed by atoms with Crippen molar-refractivity contribution in [3.05, 3.63) is 69.2 Å². The summed E-state index contributed by atoms with van der Waals surface area (Å²) < 4.78 is 54.0. The van der Waals surface area contributed by atoms with E-state index in [2.05, 4.69) is 21.2 Å². The molecule has 0 heterocycles. The Labute approximate surface area is 128 Å². The molecule has 0 aromatic heterocycles. The van der Waals surface area contributed by atoms with Crippen molar-refractivity contribution in [3.63, 3.8) is 0 Å². The quantitative estimate of drug-likeness (QED) is 0.614. The second-order valence-corrected chi connectivity index (χ2v) is 5.30. The third-order valence-corrected chi connectivity index (χ3v) is 3.72. The Morgan fingerprint density at radius 1 is 0.952 bits per heavy atom. The lowest BCUT2D eigenvalue weighted by Crippen LogP contribution is -2.23. The molecule has 1 nitrogen and oxygen atoms in total. The van der Waals surface area contributed by atoms with Gasteiger partial charge in [0, 0.05) is 16.1 Å². The Balaban J connectivity index is 2.55. The van der Waals surface area contributed by atoms with E-state index in [9.17, 15) is 17.6 Å². The number of hydrogen-bond acceptors (Lipinski definition) is 1. The van der Waals surface area contributed by atoms with Crippen molar-refractivity contribution in [2.75, 3.05) is 6.54 Å². The fraction of sp³-hybridized carbons (Fsp3) is 0.200. The lowest BCUT2D eigenvalue weighted by atomic mass is 9.97. The minimum atomic E-state index is -1.25.